The fraction of sp³-hybridized carbons (Fsp3) is 0.174. The van der Waals surface area contributed by atoms with Crippen molar-refractivity contribution >= 4 is 33.3 Å². The van der Waals surface area contributed by atoms with Gasteiger partial charge in [-0.2, -0.15) is 0 Å². The van der Waals surface area contributed by atoms with Crippen LogP contribution in [-0.2, 0) is 4.79 Å². The first-order valence-corrected chi connectivity index (χ1v) is 10.3. The van der Waals surface area contributed by atoms with Gasteiger partial charge in [0.1, 0.15) is 11.3 Å². The monoisotopic (exact) mass is 420 g/mol. The van der Waals surface area contributed by atoms with Crippen LogP contribution in [0.1, 0.15) is 16.7 Å². The highest BCUT2D eigenvalue weighted by atomic mass is 32.1. The van der Waals surface area contributed by atoms with Gasteiger partial charge in [-0.25, -0.2) is 9.78 Å². The summed E-state index contributed by atoms with van der Waals surface area (Å²) in [5.41, 5.74) is 5.04. The van der Waals surface area contributed by atoms with Crippen molar-refractivity contribution in [2.75, 3.05) is 11.9 Å². The standard InChI is InChI=1S/C23H20N2O4S/c1-13-4-6-17(14(2)8-13)19-12-30-23(24-19)25-21(26)11-28-16-5-7-18-15(3)9-22(27)29-20(18)10-16/h4-10,12H,11H2,1-3H3,(H,24,25,26). The van der Waals surface area contributed by atoms with Crippen molar-refractivity contribution in [2.45, 2.75) is 20.8 Å². The third-order valence-electron chi connectivity index (χ3n) is 4.70. The number of carbonyl (C=O) groups is 1. The molecule has 1 N–H and O–H groups in total. The Morgan fingerprint density at radius 2 is 1.93 bits per heavy atom. The van der Waals surface area contributed by atoms with Crippen LogP contribution >= 0.6 is 11.3 Å². The molecule has 0 fully saturated rings. The summed E-state index contributed by atoms with van der Waals surface area (Å²) in [4.78, 5) is 28.3. The smallest absolute Gasteiger partial charge is 0.336 e. The van der Waals surface area contributed by atoms with Gasteiger partial charge in [0, 0.05) is 28.5 Å². The summed E-state index contributed by atoms with van der Waals surface area (Å²) in [6, 6.07) is 12.8. The minimum Gasteiger partial charge on any atom is -0.484 e. The molecule has 152 valence electrons. The Morgan fingerprint density at radius 3 is 2.73 bits per heavy atom. The van der Waals surface area contributed by atoms with Crippen LogP contribution in [-0.4, -0.2) is 17.5 Å². The number of hydrogen-bond acceptors (Lipinski definition) is 6. The second-order valence-electron chi connectivity index (χ2n) is 7.10. The largest absolute Gasteiger partial charge is 0.484 e. The molecule has 0 saturated heterocycles. The van der Waals surface area contributed by atoms with Gasteiger partial charge in [0.2, 0.25) is 0 Å². The number of nitrogens with zero attached hydrogens (tertiary/aromatic N) is 1. The number of hydrogen-bond donors (Lipinski definition) is 1. The molecule has 2 heterocycles. The summed E-state index contributed by atoms with van der Waals surface area (Å²) >= 11 is 1.36. The van der Waals surface area contributed by atoms with E-state index >= 15 is 0 Å². The number of anilines is 1. The molecule has 0 bridgehead atoms. The third-order valence-corrected chi connectivity index (χ3v) is 5.46. The lowest BCUT2D eigenvalue weighted by Gasteiger charge is -2.07. The minimum absolute atomic E-state index is 0.181. The molecule has 0 saturated carbocycles. The van der Waals surface area contributed by atoms with Crippen LogP contribution in [0.5, 0.6) is 5.75 Å². The fourth-order valence-electron chi connectivity index (χ4n) is 3.26. The van der Waals surface area contributed by atoms with E-state index in [-0.39, 0.29) is 12.5 Å². The molecule has 0 aliphatic heterocycles. The Morgan fingerprint density at radius 1 is 1.10 bits per heavy atom. The topological polar surface area (TPSA) is 81.4 Å². The van der Waals surface area contributed by atoms with E-state index in [1.165, 1.54) is 23.0 Å². The maximum absolute atomic E-state index is 12.3. The van der Waals surface area contributed by atoms with Crippen molar-refractivity contribution < 1.29 is 13.9 Å². The van der Waals surface area contributed by atoms with E-state index < -0.39 is 5.63 Å². The van der Waals surface area contributed by atoms with E-state index in [9.17, 15) is 9.59 Å². The number of benzene rings is 2. The molecule has 0 aliphatic carbocycles. The van der Waals surface area contributed by atoms with Gasteiger partial charge >= 0.3 is 5.63 Å². The molecular weight excluding hydrogens is 400 g/mol. The average molecular weight is 420 g/mol. The first-order chi connectivity index (χ1) is 14.4. The second kappa shape index (κ2) is 8.12. The maximum atomic E-state index is 12.3. The zero-order valence-corrected chi connectivity index (χ0v) is 17.6. The van der Waals surface area contributed by atoms with E-state index in [1.807, 2.05) is 38.3 Å². The number of aromatic nitrogens is 1. The van der Waals surface area contributed by atoms with Crippen LogP contribution in [0.2, 0.25) is 0 Å². The van der Waals surface area contributed by atoms with Gasteiger partial charge in [-0.15, -0.1) is 11.3 Å². The Kier molecular flexibility index (Phi) is 5.37. The van der Waals surface area contributed by atoms with Crippen molar-refractivity contribution in [1.29, 1.82) is 0 Å². The summed E-state index contributed by atoms with van der Waals surface area (Å²) in [5.74, 6) is 0.129. The number of rotatable bonds is 5. The Bertz CT molecular complexity index is 1310. The predicted octanol–water partition coefficient (Wildman–Crippen LogP) is 4.86. The lowest BCUT2D eigenvalue weighted by molar-refractivity contribution is -0.118. The molecule has 0 radical (unpaired) electrons. The van der Waals surface area contributed by atoms with Crippen molar-refractivity contribution in [3.63, 3.8) is 0 Å². The highest BCUT2D eigenvalue weighted by Gasteiger charge is 2.11. The summed E-state index contributed by atoms with van der Waals surface area (Å²) in [6.07, 6.45) is 0. The fourth-order valence-corrected chi connectivity index (χ4v) is 3.98. The van der Waals surface area contributed by atoms with E-state index in [0.29, 0.717) is 16.5 Å². The number of nitrogens with one attached hydrogen (secondary N) is 1. The van der Waals surface area contributed by atoms with E-state index in [4.69, 9.17) is 9.15 Å². The minimum atomic E-state index is -0.418. The molecule has 0 aliphatic rings. The molecular formula is C23H20N2O4S. The van der Waals surface area contributed by atoms with Crippen molar-refractivity contribution in [1.82, 2.24) is 4.98 Å². The number of carbonyl (C=O) groups excluding carboxylic acids is 1. The van der Waals surface area contributed by atoms with Gasteiger partial charge in [0.25, 0.3) is 5.91 Å². The first kappa shape index (κ1) is 19.8. The molecule has 6 nitrogen and oxygen atoms in total. The van der Waals surface area contributed by atoms with E-state index in [1.54, 1.807) is 18.2 Å². The van der Waals surface area contributed by atoms with Gasteiger partial charge in [-0.3, -0.25) is 10.1 Å². The van der Waals surface area contributed by atoms with Crippen LogP contribution in [0.4, 0.5) is 5.13 Å². The normalized spacial score (nSPS) is 10.9. The van der Waals surface area contributed by atoms with E-state index in [2.05, 4.69) is 16.4 Å². The quantitative estimate of drug-likeness (QED) is 0.466. The van der Waals surface area contributed by atoms with Crippen LogP contribution in [0, 0.1) is 20.8 Å². The van der Waals surface area contributed by atoms with Crippen molar-refractivity contribution in [3.8, 4) is 17.0 Å². The van der Waals surface area contributed by atoms with Gasteiger partial charge < -0.3 is 9.15 Å². The predicted molar refractivity (Wildman–Crippen MR) is 118 cm³/mol. The molecule has 7 heteroatoms. The molecule has 1 amide bonds. The first-order valence-electron chi connectivity index (χ1n) is 9.39. The summed E-state index contributed by atoms with van der Waals surface area (Å²) in [6.45, 7) is 5.75. The number of fused-ring (bicyclic) bond motifs is 1. The third kappa shape index (κ3) is 4.26. The van der Waals surface area contributed by atoms with E-state index in [0.717, 1.165) is 27.8 Å². The zero-order valence-electron chi connectivity index (χ0n) is 16.8. The molecule has 0 atom stereocenters. The lowest BCUT2D eigenvalue weighted by atomic mass is 10.0. The highest BCUT2D eigenvalue weighted by molar-refractivity contribution is 7.14. The Balaban J connectivity index is 1.41. The molecule has 4 aromatic rings. The molecule has 2 aromatic carbocycles. The van der Waals surface area contributed by atoms with Crippen molar-refractivity contribution in [2.24, 2.45) is 0 Å². The van der Waals surface area contributed by atoms with Crippen LogP contribution in [0.3, 0.4) is 0 Å². The highest BCUT2D eigenvalue weighted by Crippen LogP contribution is 2.28. The van der Waals surface area contributed by atoms with Gasteiger partial charge in [-0.05, 0) is 44.0 Å². The van der Waals surface area contributed by atoms with Gasteiger partial charge in [0.05, 0.1) is 5.69 Å². The summed E-state index contributed by atoms with van der Waals surface area (Å²) < 4.78 is 10.8. The van der Waals surface area contributed by atoms with Crippen LogP contribution < -0.4 is 15.7 Å². The summed E-state index contributed by atoms with van der Waals surface area (Å²) in [7, 11) is 0. The number of amides is 1. The number of ether oxygens (including phenoxy) is 1. The van der Waals surface area contributed by atoms with Gasteiger partial charge in [0.15, 0.2) is 11.7 Å². The number of aryl methyl sites for hydroxylation is 3. The van der Waals surface area contributed by atoms with Crippen LogP contribution in [0.25, 0.3) is 22.2 Å². The average Bonchev–Trinajstić information content (AvgIpc) is 3.14. The molecule has 4 rings (SSSR count). The second-order valence-corrected chi connectivity index (χ2v) is 7.96. The molecule has 2 aromatic heterocycles. The Hall–Kier alpha value is -3.45. The number of thiazole rings is 1. The zero-order chi connectivity index (χ0) is 21.3. The molecule has 0 spiro atoms. The molecule has 0 unspecified atom stereocenters. The van der Waals surface area contributed by atoms with Crippen molar-refractivity contribution in [3.05, 3.63) is 75.0 Å². The summed E-state index contributed by atoms with van der Waals surface area (Å²) in [5, 5.41) is 6.02. The SMILES string of the molecule is Cc1ccc(-c2csc(NC(=O)COc3ccc4c(C)cc(=O)oc4c3)n2)c(C)c1. The maximum Gasteiger partial charge on any atom is 0.336 e. The Labute approximate surface area is 177 Å². The van der Waals surface area contributed by atoms with Gasteiger partial charge in [-0.1, -0.05) is 23.8 Å². The lowest BCUT2D eigenvalue weighted by Crippen LogP contribution is -2.20. The van der Waals surface area contributed by atoms with Crippen LogP contribution in [0.15, 0.2) is 57.1 Å². The molecule has 30 heavy (non-hydrogen) atoms.